The molecule has 0 aliphatic carbocycles. The van der Waals surface area contributed by atoms with E-state index in [1.54, 1.807) is 0 Å². The van der Waals surface area contributed by atoms with E-state index < -0.39 is 0 Å². The summed E-state index contributed by atoms with van der Waals surface area (Å²) in [7, 11) is 0. The van der Waals surface area contributed by atoms with Crippen LogP contribution in [0.1, 0.15) is 143 Å². The van der Waals surface area contributed by atoms with Crippen molar-refractivity contribution in [1.29, 1.82) is 0 Å². The van der Waals surface area contributed by atoms with E-state index in [2.05, 4.69) is 27.7 Å². The third kappa shape index (κ3) is 14.3. The Morgan fingerprint density at radius 1 is 0.538 bits per heavy atom. The number of halogens is 1. The SMILES string of the molecule is CCCCCCCCCCC(CCCC)C(N)(CCCC)CCCC.Cl. The Labute approximate surface area is 173 Å². The Hall–Kier alpha value is 0.250. The molecule has 0 saturated carbocycles. The van der Waals surface area contributed by atoms with Crippen molar-refractivity contribution < 1.29 is 0 Å². The van der Waals surface area contributed by atoms with E-state index in [9.17, 15) is 0 Å². The average Bonchev–Trinajstić information content (AvgIpc) is 2.62. The van der Waals surface area contributed by atoms with E-state index in [0.717, 1.165) is 5.92 Å². The predicted molar refractivity (Wildman–Crippen MR) is 123 cm³/mol. The van der Waals surface area contributed by atoms with Crippen molar-refractivity contribution in [2.24, 2.45) is 11.7 Å². The van der Waals surface area contributed by atoms with Crippen LogP contribution in [0.4, 0.5) is 0 Å². The first-order chi connectivity index (χ1) is 12.1. The Morgan fingerprint density at radius 3 is 1.38 bits per heavy atom. The standard InChI is InChI=1S/C24H51N.ClH/c1-5-9-13-14-15-16-17-18-20-23(19-10-6-2)24(25,21-11-7-3)22-12-8-4;/h23H,5-22,25H2,1-4H3;1H. The minimum Gasteiger partial charge on any atom is -0.325 e. The van der Waals surface area contributed by atoms with Crippen LogP contribution in [0.2, 0.25) is 0 Å². The van der Waals surface area contributed by atoms with Gasteiger partial charge in [0.25, 0.3) is 0 Å². The monoisotopic (exact) mass is 389 g/mol. The van der Waals surface area contributed by atoms with E-state index in [-0.39, 0.29) is 17.9 Å². The second kappa shape index (κ2) is 20.0. The molecule has 0 fully saturated rings. The number of nitrogens with two attached hydrogens (primary N) is 1. The quantitative estimate of drug-likeness (QED) is 0.219. The van der Waals surface area contributed by atoms with Gasteiger partial charge in [-0.2, -0.15) is 0 Å². The van der Waals surface area contributed by atoms with Crippen LogP contribution in [0.5, 0.6) is 0 Å². The summed E-state index contributed by atoms with van der Waals surface area (Å²) < 4.78 is 0. The molecule has 0 radical (unpaired) electrons. The van der Waals surface area contributed by atoms with Crippen molar-refractivity contribution in [1.82, 2.24) is 0 Å². The highest BCUT2D eigenvalue weighted by molar-refractivity contribution is 5.85. The van der Waals surface area contributed by atoms with Crippen LogP contribution in [0, 0.1) is 5.92 Å². The van der Waals surface area contributed by atoms with Gasteiger partial charge < -0.3 is 5.73 Å². The Kier molecular flexibility index (Phi) is 21.9. The summed E-state index contributed by atoms with van der Waals surface area (Å²) in [5, 5.41) is 0. The molecule has 2 heteroatoms. The lowest BCUT2D eigenvalue weighted by atomic mass is 9.72. The summed E-state index contributed by atoms with van der Waals surface area (Å²) in [5.74, 6) is 0.755. The van der Waals surface area contributed by atoms with E-state index >= 15 is 0 Å². The molecule has 1 atom stereocenters. The summed E-state index contributed by atoms with van der Waals surface area (Å²) >= 11 is 0. The van der Waals surface area contributed by atoms with E-state index in [0.29, 0.717) is 0 Å². The van der Waals surface area contributed by atoms with Crippen LogP contribution < -0.4 is 5.73 Å². The van der Waals surface area contributed by atoms with Gasteiger partial charge in [-0.1, -0.05) is 118 Å². The third-order valence-corrected chi connectivity index (χ3v) is 6.12. The minimum absolute atomic E-state index is 0. The zero-order valence-corrected chi connectivity index (χ0v) is 19.6. The van der Waals surface area contributed by atoms with Gasteiger partial charge in [-0.05, 0) is 31.6 Å². The van der Waals surface area contributed by atoms with Crippen molar-refractivity contribution in [3.8, 4) is 0 Å². The molecule has 0 aromatic rings. The number of hydrogen-bond acceptors (Lipinski definition) is 1. The van der Waals surface area contributed by atoms with Crippen molar-refractivity contribution in [2.75, 3.05) is 0 Å². The number of hydrogen-bond donors (Lipinski definition) is 1. The Bertz CT molecular complexity index is 259. The van der Waals surface area contributed by atoms with Gasteiger partial charge in [0.2, 0.25) is 0 Å². The maximum absolute atomic E-state index is 7.05. The van der Waals surface area contributed by atoms with Gasteiger partial charge in [-0.25, -0.2) is 0 Å². The summed E-state index contributed by atoms with van der Waals surface area (Å²) in [4.78, 5) is 0. The lowest BCUT2D eigenvalue weighted by molar-refractivity contribution is 0.193. The fraction of sp³-hybridized carbons (Fsp3) is 1.00. The highest BCUT2D eigenvalue weighted by Crippen LogP contribution is 2.34. The maximum Gasteiger partial charge on any atom is 0.0182 e. The van der Waals surface area contributed by atoms with Crippen molar-refractivity contribution >= 4 is 12.4 Å². The summed E-state index contributed by atoms with van der Waals surface area (Å²) in [6.45, 7) is 9.23. The second-order valence-corrected chi connectivity index (χ2v) is 8.54. The van der Waals surface area contributed by atoms with Crippen LogP contribution in [0.25, 0.3) is 0 Å². The van der Waals surface area contributed by atoms with Crippen molar-refractivity contribution in [2.45, 2.75) is 149 Å². The number of unbranched alkanes of at least 4 members (excludes halogenated alkanes) is 10. The van der Waals surface area contributed by atoms with Gasteiger partial charge in [0.15, 0.2) is 0 Å². The molecular weight excluding hydrogens is 338 g/mol. The van der Waals surface area contributed by atoms with E-state index in [1.165, 1.54) is 116 Å². The summed E-state index contributed by atoms with van der Waals surface area (Å²) in [6, 6.07) is 0. The van der Waals surface area contributed by atoms with Gasteiger partial charge in [0.1, 0.15) is 0 Å². The molecule has 1 unspecified atom stereocenters. The smallest absolute Gasteiger partial charge is 0.0182 e. The zero-order valence-electron chi connectivity index (χ0n) is 18.8. The van der Waals surface area contributed by atoms with Gasteiger partial charge >= 0.3 is 0 Å². The molecule has 160 valence electrons. The number of rotatable bonds is 19. The molecule has 0 heterocycles. The van der Waals surface area contributed by atoms with Crippen LogP contribution in [0.15, 0.2) is 0 Å². The molecular formula is C24H52ClN. The highest BCUT2D eigenvalue weighted by atomic mass is 35.5. The molecule has 0 aromatic carbocycles. The van der Waals surface area contributed by atoms with Crippen LogP contribution in [0.3, 0.4) is 0 Å². The van der Waals surface area contributed by atoms with Crippen molar-refractivity contribution in [3.05, 3.63) is 0 Å². The van der Waals surface area contributed by atoms with Gasteiger partial charge in [-0.15, -0.1) is 12.4 Å². The normalized spacial score (nSPS) is 12.8. The zero-order chi connectivity index (χ0) is 18.8. The summed E-state index contributed by atoms with van der Waals surface area (Å²) in [5.41, 5.74) is 7.16. The molecule has 0 bridgehead atoms. The molecule has 1 nitrogen and oxygen atoms in total. The fourth-order valence-corrected chi connectivity index (χ4v) is 4.24. The molecule has 0 spiro atoms. The lowest BCUT2D eigenvalue weighted by Crippen LogP contribution is -2.47. The first-order valence-corrected chi connectivity index (χ1v) is 11.9. The predicted octanol–water partition coefficient (Wildman–Crippen LogP) is 8.82. The highest BCUT2D eigenvalue weighted by Gasteiger charge is 2.32. The van der Waals surface area contributed by atoms with Gasteiger partial charge in [0.05, 0.1) is 0 Å². The Balaban J connectivity index is 0. The minimum atomic E-state index is 0. The van der Waals surface area contributed by atoms with E-state index in [4.69, 9.17) is 5.73 Å². The average molecular weight is 390 g/mol. The second-order valence-electron chi connectivity index (χ2n) is 8.54. The summed E-state index contributed by atoms with van der Waals surface area (Å²) in [6.07, 6.45) is 24.4. The third-order valence-electron chi connectivity index (χ3n) is 6.12. The molecule has 0 saturated heterocycles. The van der Waals surface area contributed by atoms with Gasteiger partial charge in [0, 0.05) is 5.54 Å². The molecule has 0 rings (SSSR count). The fourth-order valence-electron chi connectivity index (χ4n) is 4.24. The van der Waals surface area contributed by atoms with Gasteiger partial charge in [-0.3, -0.25) is 0 Å². The van der Waals surface area contributed by atoms with Crippen LogP contribution >= 0.6 is 12.4 Å². The van der Waals surface area contributed by atoms with Crippen LogP contribution in [-0.4, -0.2) is 5.54 Å². The molecule has 0 aromatic heterocycles. The van der Waals surface area contributed by atoms with E-state index in [1.807, 2.05) is 0 Å². The molecule has 0 aliphatic heterocycles. The van der Waals surface area contributed by atoms with Crippen LogP contribution in [-0.2, 0) is 0 Å². The lowest BCUT2D eigenvalue weighted by Gasteiger charge is -2.39. The Morgan fingerprint density at radius 2 is 0.923 bits per heavy atom. The van der Waals surface area contributed by atoms with Crippen molar-refractivity contribution in [3.63, 3.8) is 0 Å². The molecule has 2 N–H and O–H groups in total. The molecule has 26 heavy (non-hydrogen) atoms. The first-order valence-electron chi connectivity index (χ1n) is 11.9. The molecule has 0 aliphatic rings. The molecule has 0 amide bonds. The maximum atomic E-state index is 7.05. The topological polar surface area (TPSA) is 26.0 Å². The largest absolute Gasteiger partial charge is 0.325 e. The first kappa shape index (κ1) is 28.5.